The van der Waals surface area contributed by atoms with Crippen LogP contribution in [-0.4, -0.2) is 19.1 Å². The van der Waals surface area contributed by atoms with Crippen LogP contribution in [0.25, 0.3) is 77.5 Å². The van der Waals surface area contributed by atoms with Crippen molar-refractivity contribution in [3.8, 4) is 33.9 Å². The Bertz CT molecular complexity index is 2720. The monoisotopic (exact) mass is 642 g/mol. The van der Waals surface area contributed by atoms with Crippen LogP contribution in [0, 0.1) is 0 Å². The number of nitrogens with zero attached hydrogens (tertiary/aromatic N) is 4. The molecule has 5 heterocycles. The van der Waals surface area contributed by atoms with Crippen LogP contribution in [0.1, 0.15) is 49.9 Å². The van der Waals surface area contributed by atoms with Gasteiger partial charge in [0.15, 0.2) is 5.82 Å². The maximum absolute atomic E-state index is 4.94. The van der Waals surface area contributed by atoms with Gasteiger partial charge in [-0.15, -0.1) is 0 Å². The number of rotatable bonds is 2. The molecule has 0 N–H and O–H groups in total. The molecule has 0 atom stereocenters. The molecule has 2 aliphatic heterocycles. The molecule has 9 aromatic rings. The Kier molecular flexibility index (Phi) is 5.23. The first kappa shape index (κ1) is 27.9. The smallest absolute Gasteiger partial charge is 0.159 e. The van der Waals surface area contributed by atoms with Crippen LogP contribution in [-0.2, 0) is 10.8 Å². The Morgan fingerprint density at radius 3 is 1.42 bits per heavy atom. The average molecular weight is 643 g/mol. The maximum Gasteiger partial charge on any atom is 0.159 e. The maximum atomic E-state index is 4.94. The van der Waals surface area contributed by atoms with Crippen LogP contribution in [0.4, 0.5) is 0 Å². The van der Waals surface area contributed by atoms with Crippen LogP contribution in [0.3, 0.4) is 0 Å². The van der Waals surface area contributed by atoms with Crippen molar-refractivity contribution in [2.24, 2.45) is 0 Å². The summed E-state index contributed by atoms with van der Waals surface area (Å²) in [6.45, 7) is 9.36. The molecular formula is C46H34N4. The number of para-hydroxylation sites is 4. The van der Waals surface area contributed by atoms with E-state index in [-0.39, 0.29) is 10.8 Å². The molecule has 6 aromatic carbocycles. The minimum Gasteiger partial charge on any atom is -0.309 e. The van der Waals surface area contributed by atoms with Crippen LogP contribution >= 0.6 is 0 Å². The molecule has 11 rings (SSSR count). The first-order valence-corrected chi connectivity index (χ1v) is 17.5. The molecule has 0 fully saturated rings. The fourth-order valence-electron chi connectivity index (χ4n) is 9.28. The van der Waals surface area contributed by atoms with E-state index >= 15 is 0 Å². The lowest BCUT2D eigenvalue weighted by Gasteiger charge is -2.34. The second-order valence-electron chi connectivity index (χ2n) is 15.1. The highest BCUT2D eigenvalue weighted by atomic mass is 15.0. The lowest BCUT2D eigenvalue weighted by Crippen LogP contribution is -2.26. The Hall–Kier alpha value is -6.00. The van der Waals surface area contributed by atoms with Gasteiger partial charge in [0, 0.05) is 55.9 Å². The highest BCUT2D eigenvalue weighted by Gasteiger charge is 2.36. The fourth-order valence-corrected chi connectivity index (χ4v) is 9.28. The highest BCUT2D eigenvalue weighted by Crippen LogP contribution is 2.49. The topological polar surface area (TPSA) is 35.6 Å². The molecule has 238 valence electrons. The molecule has 0 aliphatic carbocycles. The third-order valence-electron chi connectivity index (χ3n) is 11.8. The summed E-state index contributed by atoms with van der Waals surface area (Å²) >= 11 is 0. The zero-order valence-electron chi connectivity index (χ0n) is 28.5. The molecule has 50 heavy (non-hydrogen) atoms. The number of hydrogen-bond acceptors (Lipinski definition) is 2. The molecule has 0 saturated carbocycles. The van der Waals surface area contributed by atoms with Gasteiger partial charge >= 0.3 is 0 Å². The molecule has 0 amide bonds. The van der Waals surface area contributed by atoms with Crippen LogP contribution in [0.5, 0.6) is 0 Å². The molecule has 4 nitrogen and oxygen atoms in total. The lowest BCUT2D eigenvalue weighted by atomic mass is 9.75. The molecule has 0 unspecified atom stereocenters. The minimum atomic E-state index is -0.0836. The van der Waals surface area contributed by atoms with Crippen molar-refractivity contribution in [2.75, 3.05) is 0 Å². The standard InChI is InChI=1S/C46H34N4/c1-45(2)34-13-5-7-17-40(34)49-38-21-19-27(23-32(38)30-11-9-15-36(45)42(30)49)29-25-47-44(48-26-29)28-20-22-39-33(24-28)31-12-10-16-37-43(31)50(39)41-18-8-6-14-35(41)46(37,3)4/h5-26H,1-4H3. The van der Waals surface area contributed by atoms with Gasteiger partial charge in [-0.2, -0.15) is 0 Å². The van der Waals surface area contributed by atoms with Gasteiger partial charge in [0.05, 0.1) is 33.4 Å². The number of benzene rings is 6. The first-order chi connectivity index (χ1) is 24.3. The molecule has 0 radical (unpaired) electrons. The number of aromatic nitrogens is 4. The average Bonchev–Trinajstić information content (AvgIpc) is 3.66. The summed E-state index contributed by atoms with van der Waals surface area (Å²) < 4.78 is 4.91. The molecule has 4 heteroatoms. The van der Waals surface area contributed by atoms with Crippen molar-refractivity contribution in [2.45, 2.75) is 38.5 Å². The van der Waals surface area contributed by atoms with E-state index in [1.807, 2.05) is 12.4 Å². The van der Waals surface area contributed by atoms with E-state index in [0.29, 0.717) is 0 Å². The van der Waals surface area contributed by atoms with E-state index in [1.165, 1.54) is 77.2 Å². The van der Waals surface area contributed by atoms with Gasteiger partial charge in [0.25, 0.3) is 0 Å². The van der Waals surface area contributed by atoms with Crippen molar-refractivity contribution in [1.29, 1.82) is 0 Å². The summed E-state index contributed by atoms with van der Waals surface area (Å²) in [5.41, 5.74) is 16.0. The number of fused-ring (bicyclic) bond motifs is 10. The van der Waals surface area contributed by atoms with Gasteiger partial charge in [0.2, 0.25) is 0 Å². The minimum absolute atomic E-state index is 0.0789. The van der Waals surface area contributed by atoms with Crippen molar-refractivity contribution in [1.82, 2.24) is 19.1 Å². The van der Waals surface area contributed by atoms with Crippen LogP contribution < -0.4 is 0 Å². The molecule has 0 bridgehead atoms. The van der Waals surface area contributed by atoms with Gasteiger partial charge in [-0.05, 0) is 70.3 Å². The molecular weight excluding hydrogens is 609 g/mol. The van der Waals surface area contributed by atoms with Gasteiger partial charge in [-0.25, -0.2) is 9.97 Å². The first-order valence-electron chi connectivity index (χ1n) is 17.5. The van der Waals surface area contributed by atoms with E-state index in [0.717, 1.165) is 22.5 Å². The van der Waals surface area contributed by atoms with Gasteiger partial charge < -0.3 is 9.13 Å². The Morgan fingerprint density at radius 1 is 0.420 bits per heavy atom. The molecule has 2 aliphatic rings. The van der Waals surface area contributed by atoms with Crippen LogP contribution in [0.2, 0.25) is 0 Å². The lowest BCUT2D eigenvalue weighted by molar-refractivity contribution is 0.630. The second-order valence-corrected chi connectivity index (χ2v) is 15.1. The summed E-state index contributed by atoms with van der Waals surface area (Å²) in [6, 6.07) is 44.7. The SMILES string of the molecule is CC1(C)c2ccccc2-n2c3ccc(-c4cnc(-c5ccc6c(c5)c5cccc7c5n6-c5ccccc5C7(C)C)nc4)cc3c3cccc1c32. The third kappa shape index (κ3) is 3.40. The summed E-state index contributed by atoms with van der Waals surface area (Å²) in [5, 5.41) is 5.02. The Balaban J connectivity index is 1.03. The van der Waals surface area contributed by atoms with E-state index in [2.05, 4.69) is 158 Å². The number of hydrogen-bond donors (Lipinski definition) is 0. The van der Waals surface area contributed by atoms with E-state index < -0.39 is 0 Å². The Morgan fingerprint density at radius 2 is 0.880 bits per heavy atom. The van der Waals surface area contributed by atoms with Gasteiger partial charge in [-0.1, -0.05) is 107 Å². The zero-order valence-corrected chi connectivity index (χ0v) is 28.5. The summed E-state index contributed by atoms with van der Waals surface area (Å²) in [4.78, 5) is 9.88. The molecule has 3 aromatic heterocycles. The van der Waals surface area contributed by atoms with E-state index in [4.69, 9.17) is 9.97 Å². The normalized spacial score (nSPS) is 15.1. The zero-order chi connectivity index (χ0) is 33.5. The van der Waals surface area contributed by atoms with Gasteiger partial charge in [0.1, 0.15) is 0 Å². The summed E-state index contributed by atoms with van der Waals surface area (Å²) in [5.74, 6) is 0.732. The van der Waals surface area contributed by atoms with Crippen molar-refractivity contribution in [3.63, 3.8) is 0 Å². The predicted octanol–water partition coefficient (Wildman–Crippen LogP) is 11.3. The van der Waals surface area contributed by atoms with Crippen LogP contribution in [0.15, 0.2) is 134 Å². The van der Waals surface area contributed by atoms with Crippen molar-refractivity contribution < 1.29 is 0 Å². The molecule has 0 spiro atoms. The molecule has 0 saturated heterocycles. The van der Waals surface area contributed by atoms with Crippen molar-refractivity contribution >= 4 is 43.6 Å². The fraction of sp³-hybridized carbons (Fsp3) is 0.130. The van der Waals surface area contributed by atoms with E-state index in [9.17, 15) is 0 Å². The highest BCUT2D eigenvalue weighted by molar-refractivity contribution is 6.13. The third-order valence-corrected chi connectivity index (χ3v) is 11.8. The quantitative estimate of drug-likeness (QED) is 0.188. The Labute approximate surface area is 290 Å². The summed E-state index contributed by atoms with van der Waals surface area (Å²) in [6.07, 6.45) is 3.95. The second kappa shape index (κ2) is 9.36. The predicted molar refractivity (Wildman–Crippen MR) is 206 cm³/mol. The largest absolute Gasteiger partial charge is 0.309 e. The van der Waals surface area contributed by atoms with Gasteiger partial charge in [-0.3, -0.25) is 0 Å². The summed E-state index contributed by atoms with van der Waals surface area (Å²) in [7, 11) is 0. The van der Waals surface area contributed by atoms with E-state index in [1.54, 1.807) is 0 Å². The van der Waals surface area contributed by atoms with Crippen molar-refractivity contribution in [3.05, 3.63) is 156 Å².